The number of hydrogen-bond donors (Lipinski definition) is 1. The van der Waals surface area contributed by atoms with E-state index in [-0.39, 0.29) is 6.04 Å². The number of rotatable bonds is 4. The summed E-state index contributed by atoms with van der Waals surface area (Å²) in [6.07, 6.45) is 6.37. The minimum Gasteiger partial charge on any atom is -0.377 e. The number of anilines is 1. The third kappa shape index (κ3) is 3.33. The topological polar surface area (TPSA) is 119 Å². The van der Waals surface area contributed by atoms with Gasteiger partial charge in [-0.1, -0.05) is 0 Å². The van der Waals surface area contributed by atoms with Crippen LogP contribution in [0.4, 0.5) is 5.82 Å². The molecule has 10 nitrogen and oxygen atoms in total. The summed E-state index contributed by atoms with van der Waals surface area (Å²) in [4.78, 5) is 19.3. The van der Waals surface area contributed by atoms with Crippen molar-refractivity contribution in [1.29, 1.82) is 0 Å². The van der Waals surface area contributed by atoms with Crippen LogP contribution in [0.15, 0.2) is 30.7 Å². The van der Waals surface area contributed by atoms with Crippen LogP contribution in [0.3, 0.4) is 0 Å². The first-order chi connectivity index (χ1) is 14.8. The maximum Gasteiger partial charge on any atom is 0.170 e. The van der Waals surface area contributed by atoms with Gasteiger partial charge < -0.3 is 14.6 Å². The van der Waals surface area contributed by atoms with E-state index in [9.17, 15) is 8.42 Å². The number of ether oxygens (including phenoxy) is 1. The fourth-order valence-corrected chi connectivity index (χ4v) is 4.41. The molecule has 1 N–H and O–H groups in total. The van der Waals surface area contributed by atoms with Crippen LogP contribution in [0.25, 0.3) is 33.5 Å². The lowest BCUT2D eigenvalue weighted by atomic mass is 10.1. The number of hydrogen-bond acceptors (Lipinski definition) is 8. The molecule has 0 saturated carbocycles. The molecule has 1 aliphatic rings. The normalized spacial score (nSPS) is 18.7. The summed E-state index contributed by atoms with van der Waals surface area (Å²) < 4.78 is 31.6. The molecule has 2 atom stereocenters. The number of nitrogens with zero attached hydrogens (tertiary/aromatic N) is 6. The quantitative estimate of drug-likeness (QED) is 0.512. The smallest absolute Gasteiger partial charge is 0.170 e. The molecule has 11 heteroatoms. The number of aromatic nitrogens is 6. The zero-order valence-corrected chi connectivity index (χ0v) is 18.3. The Kier molecular flexibility index (Phi) is 4.67. The largest absolute Gasteiger partial charge is 0.377 e. The van der Waals surface area contributed by atoms with Crippen molar-refractivity contribution in [2.45, 2.75) is 25.3 Å². The van der Waals surface area contributed by atoms with Crippen LogP contribution in [0.5, 0.6) is 0 Å². The van der Waals surface area contributed by atoms with Gasteiger partial charge in [-0.3, -0.25) is 0 Å². The molecule has 0 aromatic carbocycles. The number of fused-ring (bicyclic) bond motifs is 2. The zero-order chi connectivity index (χ0) is 21.8. The fourth-order valence-electron chi connectivity index (χ4n) is 3.90. The molecule has 5 heterocycles. The molecule has 0 aliphatic carbocycles. The number of aromatic amines is 1. The van der Waals surface area contributed by atoms with Crippen LogP contribution in [0.1, 0.15) is 19.2 Å². The second-order valence-electron chi connectivity index (χ2n) is 7.84. The van der Waals surface area contributed by atoms with Gasteiger partial charge in [0.2, 0.25) is 0 Å². The predicted octanol–water partition coefficient (Wildman–Crippen LogP) is 2.16. The van der Waals surface area contributed by atoms with Gasteiger partial charge in [-0.2, -0.15) is 5.10 Å². The van der Waals surface area contributed by atoms with Crippen molar-refractivity contribution >= 4 is 37.7 Å². The summed E-state index contributed by atoms with van der Waals surface area (Å²) >= 11 is 0. The Morgan fingerprint density at radius 3 is 2.87 bits per heavy atom. The highest BCUT2D eigenvalue weighted by molar-refractivity contribution is 7.90. The maximum atomic E-state index is 12.3. The Labute approximate surface area is 179 Å². The highest BCUT2D eigenvalue weighted by Crippen LogP contribution is 2.33. The van der Waals surface area contributed by atoms with Gasteiger partial charge in [0, 0.05) is 36.1 Å². The second kappa shape index (κ2) is 7.27. The maximum absolute atomic E-state index is 12.3. The van der Waals surface area contributed by atoms with Crippen LogP contribution in [0, 0.1) is 0 Å². The van der Waals surface area contributed by atoms with E-state index in [0.29, 0.717) is 36.6 Å². The van der Waals surface area contributed by atoms with E-state index in [2.05, 4.69) is 26.9 Å². The first-order valence-corrected chi connectivity index (χ1v) is 12.0. The lowest BCUT2D eigenvalue weighted by Crippen LogP contribution is -2.44. The number of sulfone groups is 1. The average molecular weight is 442 g/mol. The Hall–Kier alpha value is -3.05. The number of morpholine rings is 1. The summed E-state index contributed by atoms with van der Waals surface area (Å²) in [6.45, 7) is 5.54. The molecule has 1 fully saturated rings. The minimum absolute atomic E-state index is 0.111. The standard InChI is InChI=1S/C20H23N7O3S/c1-12-11-30-9-8-26(12)19-16-10-23-27(13(2)31(3,28)29)20(16)25-18(24-19)15-5-7-22-17-14(15)4-6-21-17/h4-7,10,12-13H,8-9,11H2,1-3H3,(H,21,22)/t12-,13?/m1/s1. The number of nitrogens with one attached hydrogen (secondary N) is 1. The molecule has 0 radical (unpaired) electrons. The van der Waals surface area contributed by atoms with Gasteiger partial charge in [0.25, 0.3) is 0 Å². The molecule has 0 bridgehead atoms. The first-order valence-electron chi connectivity index (χ1n) is 10.1. The van der Waals surface area contributed by atoms with E-state index in [4.69, 9.17) is 14.7 Å². The average Bonchev–Trinajstić information content (AvgIpc) is 3.39. The van der Waals surface area contributed by atoms with Gasteiger partial charge in [-0.25, -0.2) is 28.1 Å². The van der Waals surface area contributed by atoms with E-state index < -0.39 is 15.2 Å². The zero-order valence-electron chi connectivity index (χ0n) is 17.5. The van der Waals surface area contributed by atoms with Crippen molar-refractivity contribution in [3.8, 4) is 11.4 Å². The van der Waals surface area contributed by atoms with Crippen molar-refractivity contribution in [1.82, 2.24) is 29.7 Å². The van der Waals surface area contributed by atoms with Crippen LogP contribution in [0.2, 0.25) is 0 Å². The fraction of sp³-hybridized carbons (Fsp3) is 0.400. The molecule has 1 aliphatic heterocycles. The van der Waals surface area contributed by atoms with Gasteiger partial charge in [0.05, 0.1) is 30.8 Å². The molecular formula is C20H23N7O3S. The van der Waals surface area contributed by atoms with Gasteiger partial charge >= 0.3 is 0 Å². The summed E-state index contributed by atoms with van der Waals surface area (Å²) in [5.74, 6) is 1.22. The predicted molar refractivity (Wildman–Crippen MR) is 118 cm³/mol. The van der Waals surface area contributed by atoms with Crippen molar-refractivity contribution in [3.05, 3.63) is 30.7 Å². The van der Waals surface area contributed by atoms with Crippen molar-refractivity contribution in [3.63, 3.8) is 0 Å². The summed E-state index contributed by atoms with van der Waals surface area (Å²) in [7, 11) is -3.38. The van der Waals surface area contributed by atoms with E-state index in [1.807, 2.05) is 18.3 Å². The second-order valence-corrected chi connectivity index (χ2v) is 10.2. The van der Waals surface area contributed by atoms with Gasteiger partial charge in [-0.15, -0.1) is 0 Å². The van der Waals surface area contributed by atoms with E-state index in [1.54, 1.807) is 19.3 Å². The minimum atomic E-state index is -3.38. The van der Waals surface area contributed by atoms with Crippen molar-refractivity contribution in [2.24, 2.45) is 0 Å². The van der Waals surface area contributed by atoms with Crippen LogP contribution in [-0.4, -0.2) is 70.2 Å². The molecule has 4 aromatic heterocycles. The molecule has 162 valence electrons. The third-order valence-electron chi connectivity index (χ3n) is 5.74. The molecule has 1 saturated heterocycles. The molecule has 5 rings (SSSR count). The monoisotopic (exact) mass is 441 g/mol. The molecule has 1 unspecified atom stereocenters. The molecule has 0 amide bonds. The lowest BCUT2D eigenvalue weighted by Gasteiger charge is -2.34. The Balaban J connectivity index is 1.79. The van der Waals surface area contributed by atoms with Gasteiger partial charge in [0.1, 0.15) is 11.5 Å². The Morgan fingerprint density at radius 2 is 2.10 bits per heavy atom. The Bertz CT molecular complexity index is 1380. The van der Waals surface area contributed by atoms with E-state index in [0.717, 1.165) is 22.4 Å². The first kappa shape index (κ1) is 19.9. The highest BCUT2D eigenvalue weighted by atomic mass is 32.2. The van der Waals surface area contributed by atoms with E-state index in [1.165, 1.54) is 10.9 Å². The number of pyridine rings is 1. The molecule has 31 heavy (non-hydrogen) atoms. The SMILES string of the molecule is CC(n1ncc2c(N3CCOC[C@H]3C)nc(-c3ccnc4[nH]ccc34)nc21)S(C)(=O)=O. The number of H-pyrrole nitrogens is 1. The molecule has 4 aromatic rings. The van der Waals surface area contributed by atoms with Gasteiger partial charge in [-0.05, 0) is 26.0 Å². The molecular weight excluding hydrogens is 418 g/mol. The van der Waals surface area contributed by atoms with Crippen molar-refractivity contribution in [2.75, 3.05) is 30.9 Å². The third-order valence-corrected chi connectivity index (χ3v) is 7.18. The van der Waals surface area contributed by atoms with Crippen LogP contribution < -0.4 is 4.90 Å². The van der Waals surface area contributed by atoms with Crippen molar-refractivity contribution < 1.29 is 13.2 Å². The van der Waals surface area contributed by atoms with Crippen LogP contribution >= 0.6 is 0 Å². The molecule has 0 spiro atoms. The van der Waals surface area contributed by atoms with E-state index >= 15 is 0 Å². The summed E-state index contributed by atoms with van der Waals surface area (Å²) in [5, 5.41) is 5.14. The lowest BCUT2D eigenvalue weighted by molar-refractivity contribution is 0.0987. The summed E-state index contributed by atoms with van der Waals surface area (Å²) in [5.41, 5.74) is 2.03. The van der Waals surface area contributed by atoms with Gasteiger partial charge in [0.15, 0.2) is 26.7 Å². The Morgan fingerprint density at radius 1 is 1.26 bits per heavy atom. The summed E-state index contributed by atoms with van der Waals surface area (Å²) in [6, 6.07) is 3.91. The van der Waals surface area contributed by atoms with Crippen LogP contribution in [-0.2, 0) is 14.6 Å². The highest BCUT2D eigenvalue weighted by Gasteiger charge is 2.28.